The number of rotatable bonds is 7. The predicted octanol–water partition coefficient (Wildman–Crippen LogP) is 1.32. The first kappa shape index (κ1) is 19.0. The first-order valence-electron chi connectivity index (χ1n) is 9.06. The third-order valence-corrected chi connectivity index (χ3v) is 5.22. The molecule has 1 amide bonds. The average Bonchev–Trinajstić information content (AvgIpc) is 3.09. The number of amides is 1. The number of carbonyl (C=O) groups is 1. The van der Waals surface area contributed by atoms with Crippen molar-refractivity contribution in [2.45, 2.75) is 32.9 Å². The van der Waals surface area contributed by atoms with E-state index in [1.165, 1.54) is 22.2 Å². The minimum atomic E-state index is -0.0935. The van der Waals surface area contributed by atoms with Gasteiger partial charge in [-0.2, -0.15) is 0 Å². The zero-order valence-corrected chi connectivity index (χ0v) is 16.1. The lowest BCUT2D eigenvalue weighted by Gasteiger charge is -2.33. The van der Waals surface area contributed by atoms with Gasteiger partial charge in [-0.1, -0.05) is 13.8 Å². The molecule has 0 radical (unpaired) electrons. The van der Waals surface area contributed by atoms with Crippen LogP contribution in [0.5, 0.6) is 0 Å². The highest BCUT2D eigenvalue weighted by atomic mass is 32.1. The number of hydrogen-bond donors (Lipinski definition) is 1. The zero-order chi connectivity index (χ0) is 18.5. The number of carbonyl (C=O) groups excluding carboxylic acids is 1. The molecule has 26 heavy (non-hydrogen) atoms. The van der Waals surface area contributed by atoms with Crippen molar-refractivity contribution in [3.63, 3.8) is 0 Å². The van der Waals surface area contributed by atoms with Gasteiger partial charge in [0.05, 0.1) is 24.4 Å². The average molecular weight is 378 g/mol. The summed E-state index contributed by atoms with van der Waals surface area (Å²) in [5, 5.41) is 5.38. The molecule has 1 aliphatic heterocycles. The first-order valence-corrected chi connectivity index (χ1v) is 9.94. The van der Waals surface area contributed by atoms with Gasteiger partial charge in [-0.05, 0) is 17.4 Å². The molecule has 2 aromatic heterocycles. The standard InChI is InChI=1S/C18H26N4O3S/c1-13(2)10-21-6-7-25-14(11-21)9-19-16(23)3-5-22-12-20-17-15(18(22)24)4-8-26-17/h4,8,12-14H,3,5-7,9-11H2,1-2H3,(H,19,23). The maximum atomic E-state index is 12.3. The fourth-order valence-electron chi connectivity index (χ4n) is 3.18. The number of aryl methyl sites for hydroxylation is 1. The number of nitrogens with zero attached hydrogens (tertiary/aromatic N) is 3. The summed E-state index contributed by atoms with van der Waals surface area (Å²) in [6.07, 6.45) is 1.79. The van der Waals surface area contributed by atoms with Crippen molar-refractivity contribution in [1.29, 1.82) is 0 Å². The van der Waals surface area contributed by atoms with Crippen LogP contribution in [0.1, 0.15) is 20.3 Å². The Bertz CT molecular complexity index is 801. The molecule has 3 rings (SSSR count). The summed E-state index contributed by atoms with van der Waals surface area (Å²) < 4.78 is 7.24. The lowest BCUT2D eigenvalue weighted by Crippen LogP contribution is -2.48. The summed E-state index contributed by atoms with van der Waals surface area (Å²) in [6, 6.07) is 1.77. The molecule has 0 saturated carbocycles. The molecular weight excluding hydrogens is 352 g/mol. The second-order valence-electron chi connectivity index (χ2n) is 7.08. The Hall–Kier alpha value is -1.77. The quantitative estimate of drug-likeness (QED) is 0.786. The summed E-state index contributed by atoms with van der Waals surface area (Å²) in [6.45, 7) is 8.79. The molecule has 1 N–H and O–H groups in total. The van der Waals surface area contributed by atoms with Crippen molar-refractivity contribution in [2.75, 3.05) is 32.8 Å². The summed E-state index contributed by atoms with van der Waals surface area (Å²) in [5.74, 6) is 0.544. The van der Waals surface area contributed by atoms with Gasteiger partial charge in [-0.15, -0.1) is 11.3 Å². The highest BCUT2D eigenvalue weighted by Crippen LogP contribution is 2.13. The second kappa shape index (κ2) is 8.75. The van der Waals surface area contributed by atoms with E-state index in [9.17, 15) is 9.59 Å². The third kappa shape index (κ3) is 4.90. The normalized spacial score (nSPS) is 18.5. The van der Waals surface area contributed by atoms with E-state index >= 15 is 0 Å². The van der Waals surface area contributed by atoms with E-state index in [1.54, 1.807) is 6.07 Å². The van der Waals surface area contributed by atoms with Gasteiger partial charge in [-0.3, -0.25) is 19.1 Å². The van der Waals surface area contributed by atoms with Crippen molar-refractivity contribution in [3.05, 3.63) is 28.1 Å². The van der Waals surface area contributed by atoms with E-state index < -0.39 is 0 Å². The second-order valence-corrected chi connectivity index (χ2v) is 7.98. The zero-order valence-electron chi connectivity index (χ0n) is 15.3. The van der Waals surface area contributed by atoms with Gasteiger partial charge in [-0.25, -0.2) is 4.98 Å². The molecule has 2 aromatic rings. The highest BCUT2D eigenvalue weighted by molar-refractivity contribution is 7.16. The van der Waals surface area contributed by atoms with Gasteiger partial charge in [0, 0.05) is 39.1 Å². The molecule has 0 aliphatic carbocycles. The monoisotopic (exact) mass is 378 g/mol. The fourth-order valence-corrected chi connectivity index (χ4v) is 3.90. The Morgan fingerprint density at radius 3 is 3.15 bits per heavy atom. The van der Waals surface area contributed by atoms with Crippen LogP contribution in [0.4, 0.5) is 0 Å². The molecule has 142 valence electrons. The minimum Gasteiger partial charge on any atom is -0.374 e. The number of ether oxygens (including phenoxy) is 1. The van der Waals surface area contributed by atoms with Crippen LogP contribution in [-0.2, 0) is 16.1 Å². The van der Waals surface area contributed by atoms with Crippen LogP contribution in [-0.4, -0.2) is 59.2 Å². The Morgan fingerprint density at radius 2 is 2.35 bits per heavy atom. The van der Waals surface area contributed by atoms with Crippen molar-refractivity contribution >= 4 is 27.5 Å². The number of thiophene rings is 1. The van der Waals surface area contributed by atoms with Crippen molar-refractivity contribution < 1.29 is 9.53 Å². The molecule has 1 saturated heterocycles. The van der Waals surface area contributed by atoms with Crippen molar-refractivity contribution in [3.8, 4) is 0 Å². The highest BCUT2D eigenvalue weighted by Gasteiger charge is 2.21. The largest absolute Gasteiger partial charge is 0.374 e. The van der Waals surface area contributed by atoms with Gasteiger partial charge in [0.1, 0.15) is 4.83 Å². The number of hydrogen-bond acceptors (Lipinski definition) is 6. The SMILES string of the molecule is CC(C)CN1CCOC(CNC(=O)CCn2cnc3sccc3c2=O)C1. The Kier molecular flexibility index (Phi) is 6.39. The van der Waals surface area contributed by atoms with Crippen molar-refractivity contribution in [2.24, 2.45) is 5.92 Å². The van der Waals surface area contributed by atoms with Crippen LogP contribution in [0, 0.1) is 5.92 Å². The van der Waals surface area contributed by atoms with E-state index in [1.807, 2.05) is 5.38 Å². The first-order chi connectivity index (χ1) is 12.5. The maximum Gasteiger partial charge on any atom is 0.262 e. The summed E-state index contributed by atoms with van der Waals surface area (Å²) >= 11 is 1.44. The molecule has 0 bridgehead atoms. The van der Waals surface area contributed by atoms with E-state index in [-0.39, 0.29) is 24.0 Å². The third-order valence-electron chi connectivity index (χ3n) is 4.40. The Labute approximate surface area is 157 Å². The Balaban J connectivity index is 1.45. The number of aromatic nitrogens is 2. The summed E-state index contributed by atoms with van der Waals surface area (Å²) in [4.78, 5) is 31.8. The number of morpholine rings is 1. The smallest absolute Gasteiger partial charge is 0.262 e. The van der Waals surface area contributed by atoms with E-state index in [0.717, 1.165) is 24.5 Å². The van der Waals surface area contributed by atoms with Gasteiger partial charge >= 0.3 is 0 Å². The van der Waals surface area contributed by atoms with E-state index in [2.05, 4.69) is 29.0 Å². The molecule has 0 aromatic carbocycles. The van der Waals surface area contributed by atoms with E-state index in [4.69, 9.17) is 4.74 Å². The molecule has 8 heteroatoms. The predicted molar refractivity (Wildman–Crippen MR) is 103 cm³/mol. The molecule has 1 fully saturated rings. The minimum absolute atomic E-state index is 0.0259. The molecule has 7 nitrogen and oxygen atoms in total. The topological polar surface area (TPSA) is 76.5 Å². The van der Waals surface area contributed by atoms with Crippen LogP contribution in [0.15, 0.2) is 22.6 Å². The fraction of sp³-hybridized carbons (Fsp3) is 0.611. The molecular formula is C18H26N4O3S. The van der Waals surface area contributed by atoms with Gasteiger partial charge in [0.2, 0.25) is 5.91 Å². The van der Waals surface area contributed by atoms with Gasteiger partial charge in [0.25, 0.3) is 5.56 Å². The van der Waals surface area contributed by atoms with Crippen LogP contribution in [0.25, 0.3) is 10.2 Å². The lowest BCUT2D eigenvalue weighted by molar-refractivity contribution is -0.122. The number of nitrogens with one attached hydrogen (secondary N) is 1. The van der Waals surface area contributed by atoms with Gasteiger partial charge < -0.3 is 10.1 Å². The Morgan fingerprint density at radius 1 is 1.50 bits per heavy atom. The van der Waals surface area contributed by atoms with Crippen molar-refractivity contribution in [1.82, 2.24) is 19.8 Å². The molecule has 1 unspecified atom stereocenters. The summed E-state index contributed by atoms with van der Waals surface area (Å²) in [7, 11) is 0. The van der Waals surface area contributed by atoms with Crippen LogP contribution < -0.4 is 10.9 Å². The number of fused-ring (bicyclic) bond motifs is 1. The lowest BCUT2D eigenvalue weighted by atomic mass is 10.2. The van der Waals surface area contributed by atoms with Crippen LogP contribution >= 0.6 is 11.3 Å². The molecule has 1 atom stereocenters. The van der Waals surface area contributed by atoms with E-state index in [0.29, 0.717) is 31.0 Å². The van der Waals surface area contributed by atoms with Gasteiger partial charge in [0.15, 0.2) is 0 Å². The summed E-state index contributed by atoms with van der Waals surface area (Å²) in [5.41, 5.74) is -0.0935. The maximum absolute atomic E-state index is 12.3. The molecule has 1 aliphatic rings. The molecule has 3 heterocycles. The van der Waals surface area contributed by atoms with Crippen LogP contribution in [0.2, 0.25) is 0 Å². The molecule has 0 spiro atoms. The van der Waals surface area contributed by atoms with Crippen LogP contribution in [0.3, 0.4) is 0 Å².